The lowest BCUT2D eigenvalue weighted by Crippen LogP contribution is -2.47. The minimum absolute atomic E-state index is 0.175. The largest absolute Gasteiger partial charge is 0.460 e. The Hall–Kier alpha value is -2.73. The molecule has 1 aromatic heterocycles. The van der Waals surface area contributed by atoms with Crippen LogP contribution in [0.1, 0.15) is 35.2 Å². The Morgan fingerprint density at radius 1 is 1.11 bits per heavy atom. The molecule has 2 aliphatic rings. The van der Waals surface area contributed by atoms with Crippen LogP contribution in [0.15, 0.2) is 47.6 Å². The van der Waals surface area contributed by atoms with E-state index in [-0.39, 0.29) is 5.91 Å². The zero-order valence-electron chi connectivity index (χ0n) is 16.4. The smallest absolute Gasteiger partial charge is 0.295 e. The number of aliphatic imine (C=N–C) groups is 1. The Labute approximate surface area is 165 Å². The van der Waals surface area contributed by atoms with Gasteiger partial charge in [0.2, 0.25) is 0 Å². The number of carbonyl (C=O) groups is 1. The fraction of sp³-hybridized carbons (Fsp3) is 0.409. The number of fused-ring (bicyclic) bond motifs is 1. The normalized spacial score (nSPS) is 19.1. The number of amides is 1. The molecule has 2 aromatic rings. The van der Waals surface area contributed by atoms with E-state index in [2.05, 4.69) is 23.0 Å². The number of piperidine rings is 1. The highest BCUT2D eigenvalue weighted by Gasteiger charge is 2.40. The maximum atomic E-state index is 12.4. The lowest BCUT2D eigenvalue weighted by Gasteiger charge is -2.41. The quantitative estimate of drug-likeness (QED) is 0.803. The van der Waals surface area contributed by atoms with Gasteiger partial charge in [-0.2, -0.15) is 4.99 Å². The van der Waals surface area contributed by atoms with Gasteiger partial charge in [-0.15, -0.1) is 0 Å². The number of amidine groups is 1. The third kappa shape index (κ3) is 3.52. The first kappa shape index (κ1) is 18.6. The van der Waals surface area contributed by atoms with Crippen molar-refractivity contribution in [3.8, 4) is 0 Å². The number of aromatic nitrogens is 1. The highest BCUT2D eigenvalue weighted by atomic mass is 16.5. The maximum Gasteiger partial charge on any atom is 0.295 e. The minimum Gasteiger partial charge on any atom is -0.460 e. The van der Waals surface area contributed by atoms with Gasteiger partial charge >= 0.3 is 0 Å². The van der Waals surface area contributed by atoms with Crippen LogP contribution >= 0.6 is 0 Å². The summed E-state index contributed by atoms with van der Waals surface area (Å²) in [5.41, 5.74) is 3.72. The molecule has 2 aliphatic heterocycles. The van der Waals surface area contributed by atoms with Gasteiger partial charge in [-0.3, -0.25) is 9.78 Å². The molecular formula is C22H25N3O3. The Kier molecular flexibility index (Phi) is 5.13. The van der Waals surface area contributed by atoms with Crippen LogP contribution in [0.3, 0.4) is 0 Å². The van der Waals surface area contributed by atoms with Gasteiger partial charge in [0.25, 0.3) is 11.9 Å². The fourth-order valence-corrected chi connectivity index (χ4v) is 4.08. The number of ether oxygens (including phenoxy) is 2. The standard InChI is InChI=1S/C22H25N3O3/c1-16-6-5-11-23-20(16)22(27-2)9-12-25(13-10-22)21-24-19(26)14-17-7-3-4-8-18(17)15-28-21/h3-8,11H,9-10,12-15H2,1-2H3. The highest BCUT2D eigenvalue weighted by Crippen LogP contribution is 2.36. The van der Waals surface area contributed by atoms with E-state index in [0.29, 0.717) is 32.1 Å². The predicted octanol–water partition coefficient (Wildman–Crippen LogP) is 2.98. The summed E-state index contributed by atoms with van der Waals surface area (Å²) in [6, 6.07) is 12.3. The molecule has 4 rings (SSSR count). The zero-order chi connectivity index (χ0) is 19.6. The van der Waals surface area contributed by atoms with Gasteiger partial charge in [-0.05, 0) is 42.5 Å². The van der Waals surface area contributed by atoms with Crippen LogP contribution in [0.25, 0.3) is 0 Å². The van der Waals surface area contributed by atoms with Crippen molar-refractivity contribution >= 4 is 11.9 Å². The highest BCUT2D eigenvalue weighted by molar-refractivity contribution is 5.92. The third-order valence-electron chi connectivity index (χ3n) is 5.71. The van der Waals surface area contributed by atoms with E-state index in [1.165, 1.54) is 0 Å². The summed E-state index contributed by atoms with van der Waals surface area (Å²) in [4.78, 5) is 23.3. The molecule has 0 atom stereocenters. The van der Waals surface area contributed by atoms with Gasteiger partial charge in [0.05, 0.1) is 12.1 Å². The summed E-state index contributed by atoms with van der Waals surface area (Å²) < 4.78 is 11.9. The van der Waals surface area contributed by atoms with Crippen LogP contribution in [0.5, 0.6) is 0 Å². The molecule has 0 bridgehead atoms. The van der Waals surface area contributed by atoms with Crippen LogP contribution in [0.4, 0.5) is 0 Å². The number of rotatable bonds is 2. The monoisotopic (exact) mass is 379 g/mol. The summed E-state index contributed by atoms with van der Waals surface area (Å²) in [5, 5.41) is 0. The topological polar surface area (TPSA) is 64.0 Å². The number of carbonyl (C=O) groups excluding carboxylic acids is 1. The number of likely N-dealkylation sites (tertiary alicyclic amines) is 1. The maximum absolute atomic E-state index is 12.4. The Balaban J connectivity index is 1.51. The molecule has 1 saturated heterocycles. The predicted molar refractivity (Wildman–Crippen MR) is 106 cm³/mol. The minimum atomic E-state index is -0.416. The van der Waals surface area contributed by atoms with Crippen molar-refractivity contribution in [1.29, 1.82) is 0 Å². The summed E-state index contributed by atoms with van der Waals surface area (Å²) in [5.74, 6) is -0.175. The van der Waals surface area contributed by atoms with Gasteiger partial charge in [0, 0.05) is 26.4 Å². The average molecular weight is 379 g/mol. The van der Waals surface area contributed by atoms with E-state index in [9.17, 15) is 4.79 Å². The molecule has 3 heterocycles. The van der Waals surface area contributed by atoms with Gasteiger partial charge in [0.15, 0.2) is 0 Å². The zero-order valence-corrected chi connectivity index (χ0v) is 16.4. The van der Waals surface area contributed by atoms with Crippen LogP contribution in [0.2, 0.25) is 0 Å². The third-order valence-corrected chi connectivity index (χ3v) is 5.71. The van der Waals surface area contributed by atoms with E-state index in [4.69, 9.17) is 9.47 Å². The molecular weight excluding hydrogens is 354 g/mol. The average Bonchev–Trinajstić information content (AvgIpc) is 2.71. The van der Waals surface area contributed by atoms with Crippen molar-refractivity contribution in [3.63, 3.8) is 0 Å². The molecule has 146 valence electrons. The summed E-state index contributed by atoms with van der Waals surface area (Å²) in [6.45, 7) is 3.87. The molecule has 0 saturated carbocycles. The van der Waals surface area contributed by atoms with Crippen LogP contribution in [-0.2, 0) is 32.9 Å². The van der Waals surface area contributed by atoms with Gasteiger partial charge < -0.3 is 14.4 Å². The molecule has 0 radical (unpaired) electrons. The molecule has 1 amide bonds. The molecule has 6 heteroatoms. The van der Waals surface area contributed by atoms with Crippen LogP contribution in [-0.4, -0.2) is 42.0 Å². The summed E-state index contributed by atoms with van der Waals surface area (Å²) in [7, 11) is 1.74. The molecule has 1 fully saturated rings. The van der Waals surface area contributed by atoms with Gasteiger partial charge in [0.1, 0.15) is 12.2 Å². The van der Waals surface area contributed by atoms with Crippen LogP contribution < -0.4 is 0 Å². The fourth-order valence-electron chi connectivity index (χ4n) is 4.08. The number of pyridine rings is 1. The molecule has 6 nitrogen and oxygen atoms in total. The number of benzene rings is 1. The van der Waals surface area contributed by atoms with Gasteiger partial charge in [-0.1, -0.05) is 30.3 Å². The number of hydrogen-bond acceptors (Lipinski definition) is 5. The van der Waals surface area contributed by atoms with Crippen molar-refractivity contribution in [2.45, 2.75) is 38.4 Å². The Bertz CT molecular complexity index is 901. The molecule has 0 aliphatic carbocycles. The Morgan fingerprint density at radius 2 is 1.86 bits per heavy atom. The van der Waals surface area contributed by atoms with E-state index in [1.807, 2.05) is 41.4 Å². The molecule has 0 N–H and O–H groups in total. The first-order valence-corrected chi connectivity index (χ1v) is 9.64. The lowest BCUT2D eigenvalue weighted by atomic mass is 9.85. The lowest BCUT2D eigenvalue weighted by molar-refractivity contribution is -0.117. The number of methoxy groups -OCH3 is 1. The van der Waals surface area contributed by atoms with Crippen molar-refractivity contribution in [2.75, 3.05) is 20.2 Å². The van der Waals surface area contributed by atoms with Gasteiger partial charge in [-0.25, -0.2) is 0 Å². The van der Waals surface area contributed by atoms with Crippen molar-refractivity contribution in [3.05, 3.63) is 65.0 Å². The van der Waals surface area contributed by atoms with E-state index in [0.717, 1.165) is 35.2 Å². The summed E-state index contributed by atoms with van der Waals surface area (Å²) in [6.07, 6.45) is 3.64. The van der Waals surface area contributed by atoms with E-state index >= 15 is 0 Å². The molecule has 1 aromatic carbocycles. The molecule has 0 spiro atoms. The number of aryl methyl sites for hydroxylation is 1. The first-order chi connectivity index (χ1) is 13.6. The van der Waals surface area contributed by atoms with E-state index in [1.54, 1.807) is 7.11 Å². The van der Waals surface area contributed by atoms with Crippen molar-refractivity contribution in [2.24, 2.45) is 4.99 Å². The van der Waals surface area contributed by atoms with Crippen molar-refractivity contribution in [1.82, 2.24) is 9.88 Å². The van der Waals surface area contributed by atoms with Crippen molar-refractivity contribution < 1.29 is 14.3 Å². The number of nitrogens with zero attached hydrogens (tertiary/aromatic N) is 3. The molecule has 28 heavy (non-hydrogen) atoms. The Morgan fingerprint density at radius 3 is 2.57 bits per heavy atom. The first-order valence-electron chi connectivity index (χ1n) is 9.64. The van der Waals surface area contributed by atoms with Crippen LogP contribution in [0, 0.1) is 6.92 Å². The second-order valence-corrected chi connectivity index (χ2v) is 7.38. The summed E-state index contributed by atoms with van der Waals surface area (Å²) >= 11 is 0. The second-order valence-electron chi connectivity index (χ2n) is 7.38. The second kappa shape index (κ2) is 7.72. The number of hydrogen-bond donors (Lipinski definition) is 0. The van der Waals surface area contributed by atoms with E-state index < -0.39 is 5.60 Å². The molecule has 0 unspecified atom stereocenters. The SMILES string of the molecule is COC1(c2ncccc2C)CCN(C2=NC(=O)Cc3ccccc3CO2)CC1.